The number of nitrogens with zero attached hydrogens (tertiary/aromatic N) is 1. The number of carbonyl (C=O) groups excluding carboxylic acids is 2. The maximum atomic E-state index is 14.6. The van der Waals surface area contributed by atoms with E-state index in [1.165, 1.54) is 23.4 Å². The predicted molar refractivity (Wildman–Crippen MR) is 146 cm³/mol. The first kappa shape index (κ1) is 27.5. The molecule has 2 atom stereocenters. The smallest absolute Gasteiger partial charge is 0.243 e. The maximum Gasteiger partial charge on any atom is 0.243 e. The monoisotopic (exact) mass is 506 g/mol. The van der Waals surface area contributed by atoms with Crippen LogP contribution in [0.2, 0.25) is 0 Å². The van der Waals surface area contributed by atoms with Crippen LogP contribution in [-0.4, -0.2) is 34.6 Å². The van der Waals surface area contributed by atoms with Crippen LogP contribution < -0.4 is 5.32 Å². The summed E-state index contributed by atoms with van der Waals surface area (Å²) in [4.78, 5) is 28.6. The molecule has 0 heterocycles. The second kappa shape index (κ2) is 13.8. The summed E-state index contributed by atoms with van der Waals surface area (Å²) >= 11 is 1.50. The molecule has 0 aliphatic rings. The van der Waals surface area contributed by atoms with Gasteiger partial charge in [-0.15, -0.1) is 11.8 Å². The number of hydrogen-bond acceptors (Lipinski definition) is 3. The highest BCUT2D eigenvalue weighted by Crippen LogP contribution is 2.20. The van der Waals surface area contributed by atoms with Gasteiger partial charge in [-0.25, -0.2) is 4.39 Å². The van der Waals surface area contributed by atoms with Crippen molar-refractivity contribution in [3.8, 4) is 0 Å². The van der Waals surface area contributed by atoms with Crippen molar-refractivity contribution in [1.82, 2.24) is 10.2 Å². The minimum Gasteiger partial charge on any atom is -0.352 e. The van der Waals surface area contributed by atoms with Crippen molar-refractivity contribution in [2.75, 3.05) is 5.75 Å². The molecule has 2 amide bonds. The topological polar surface area (TPSA) is 49.4 Å². The van der Waals surface area contributed by atoms with Crippen LogP contribution in [0.3, 0.4) is 0 Å². The second-order valence-electron chi connectivity index (χ2n) is 9.12. The van der Waals surface area contributed by atoms with Crippen LogP contribution in [0.5, 0.6) is 0 Å². The summed E-state index contributed by atoms with van der Waals surface area (Å²) in [5.74, 6) is 0.0921. The summed E-state index contributed by atoms with van der Waals surface area (Å²) in [6, 6.07) is 23.5. The van der Waals surface area contributed by atoms with Gasteiger partial charge in [-0.2, -0.15) is 0 Å². The highest BCUT2D eigenvalue weighted by molar-refractivity contribution is 7.99. The SMILES string of the molecule is CC[C@@H](C)NC(=O)[C@@H](Cc1ccccc1)N(Cc1ccccc1F)C(=O)CSCc1cccc(C)c1. The van der Waals surface area contributed by atoms with E-state index in [1.54, 1.807) is 23.1 Å². The molecule has 190 valence electrons. The van der Waals surface area contributed by atoms with E-state index in [1.807, 2.05) is 69.3 Å². The Morgan fingerprint density at radius 1 is 0.972 bits per heavy atom. The van der Waals surface area contributed by atoms with Crippen molar-refractivity contribution in [3.05, 3.63) is 107 Å². The van der Waals surface area contributed by atoms with Crippen LogP contribution >= 0.6 is 11.8 Å². The molecule has 3 aromatic carbocycles. The Balaban J connectivity index is 1.86. The van der Waals surface area contributed by atoms with Gasteiger partial charge in [-0.1, -0.05) is 85.3 Å². The lowest BCUT2D eigenvalue weighted by Gasteiger charge is -2.32. The lowest BCUT2D eigenvalue weighted by atomic mass is 10.0. The molecule has 0 aliphatic carbocycles. The first-order valence-electron chi connectivity index (χ1n) is 12.4. The highest BCUT2D eigenvalue weighted by atomic mass is 32.2. The molecule has 0 fully saturated rings. The Hall–Kier alpha value is -3.12. The zero-order valence-electron chi connectivity index (χ0n) is 21.2. The molecule has 0 saturated heterocycles. The van der Waals surface area contributed by atoms with Gasteiger partial charge in [-0.05, 0) is 37.5 Å². The van der Waals surface area contributed by atoms with Crippen LogP contribution in [0.4, 0.5) is 4.39 Å². The third kappa shape index (κ3) is 8.23. The molecule has 0 bridgehead atoms. The minimum absolute atomic E-state index is 0.0297. The zero-order valence-corrected chi connectivity index (χ0v) is 22.1. The molecule has 6 heteroatoms. The number of hydrogen-bond donors (Lipinski definition) is 1. The molecule has 0 radical (unpaired) electrons. The zero-order chi connectivity index (χ0) is 25.9. The Labute approximate surface area is 218 Å². The molecule has 0 spiro atoms. The molecule has 0 saturated carbocycles. The van der Waals surface area contributed by atoms with Crippen molar-refractivity contribution in [3.63, 3.8) is 0 Å². The number of rotatable bonds is 12. The van der Waals surface area contributed by atoms with Gasteiger partial charge in [0.2, 0.25) is 11.8 Å². The van der Waals surface area contributed by atoms with E-state index in [-0.39, 0.29) is 36.0 Å². The maximum absolute atomic E-state index is 14.6. The normalized spacial score (nSPS) is 12.6. The molecule has 4 nitrogen and oxygen atoms in total. The van der Waals surface area contributed by atoms with E-state index in [2.05, 4.69) is 11.4 Å². The third-order valence-electron chi connectivity index (χ3n) is 6.15. The lowest BCUT2D eigenvalue weighted by Crippen LogP contribution is -2.52. The molecular weight excluding hydrogens is 471 g/mol. The van der Waals surface area contributed by atoms with E-state index in [4.69, 9.17) is 0 Å². The Morgan fingerprint density at radius 3 is 2.36 bits per heavy atom. The standard InChI is InChI=1S/C30H35FN2O2S/c1-4-23(3)32-30(35)28(18-24-12-6-5-7-13-24)33(19-26-15-8-9-16-27(26)31)29(34)21-36-20-25-14-10-11-22(2)17-25/h5-17,23,28H,4,18-21H2,1-3H3,(H,32,35)/t23-,28-/m1/s1. The average molecular weight is 507 g/mol. The fraction of sp³-hybridized carbons (Fsp3) is 0.333. The van der Waals surface area contributed by atoms with E-state index in [9.17, 15) is 14.0 Å². The number of carbonyl (C=O) groups is 2. The summed E-state index contributed by atoms with van der Waals surface area (Å²) in [6.45, 7) is 6.01. The van der Waals surface area contributed by atoms with E-state index in [0.29, 0.717) is 17.7 Å². The number of benzene rings is 3. The number of halogens is 1. The first-order valence-corrected chi connectivity index (χ1v) is 13.5. The molecular formula is C30H35FN2O2S. The molecule has 1 N–H and O–H groups in total. The van der Waals surface area contributed by atoms with Crippen molar-refractivity contribution < 1.29 is 14.0 Å². The summed E-state index contributed by atoms with van der Waals surface area (Å²) < 4.78 is 14.6. The van der Waals surface area contributed by atoms with E-state index < -0.39 is 6.04 Å². The number of thioether (sulfide) groups is 1. The Morgan fingerprint density at radius 2 is 1.67 bits per heavy atom. The van der Waals surface area contributed by atoms with E-state index in [0.717, 1.165) is 17.5 Å². The van der Waals surface area contributed by atoms with Crippen LogP contribution in [0.15, 0.2) is 78.9 Å². The molecule has 0 aliphatic heterocycles. The minimum atomic E-state index is -0.756. The number of nitrogens with one attached hydrogen (secondary N) is 1. The van der Waals surface area contributed by atoms with Crippen LogP contribution in [0, 0.1) is 12.7 Å². The second-order valence-corrected chi connectivity index (χ2v) is 10.1. The summed E-state index contributed by atoms with van der Waals surface area (Å²) in [5, 5.41) is 3.04. The molecule has 3 rings (SSSR count). The summed E-state index contributed by atoms with van der Waals surface area (Å²) in [5.41, 5.74) is 3.65. The fourth-order valence-electron chi connectivity index (χ4n) is 3.95. The number of amides is 2. The lowest BCUT2D eigenvalue weighted by molar-refractivity contribution is -0.139. The fourth-order valence-corrected chi connectivity index (χ4v) is 4.80. The molecule has 0 unspecified atom stereocenters. The highest BCUT2D eigenvalue weighted by Gasteiger charge is 2.31. The van der Waals surface area contributed by atoms with Crippen LogP contribution in [-0.2, 0) is 28.3 Å². The van der Waals surface area contributed by atoms with E-state index >= 15 is 0 Å². The summed E-state index contributed by atoms with van der Waals surface area (Å²) in [7, 11) is 0. The van der Waals surface area contributed by atoms with Gasteiger partial charge in [0.1, 0.15) is 11.9 Å². The third-order valence-corrected chi connectivity index (χ3v) is 7.14. The van der Waals surface area contributed by atoms with Gasteiger partial charge in [0.15, 0.2) is 0 Å². The van der Waals surface area contributed by atoms with Crippen molar-refractivity contribution >= 4 is 23.6 Å². The van der Waals surface area contributed by atoms with Crippen LogP contribution in [0.1, 0.15) is 42.5 Å². The van der Waals surface area contributed by atoms with Gasteiger partial charge in [-0.3, -0.25) is 9.59 Å². The molecule has 3 aromatic rings. The largest absolute Gasteiger partial charge is 0.352 e. The first-order chi connectivity index (χ1) is 17.4. The van der Waals surface area contributed by atoms with Crippen molar-refractivity contribution in [1.29, 1.82) is 0 Å². The van der Waals surface area contributed by atoms with Gasteiger partial charge < -0.3 is 10.2 Å². The Bertz CT molecular complexity index is 1140. The van der Waals surface area contributed by atoms with Crippen molar-refractivity contribution in [2.24, 2.45) is 0 Å². The van der Waals surface area contributed by atoms with Crippen LogP contribution in [0.25, 0.3) is 0 Å². The predicted octanol–water partition coefficient (Wildman–Crippen LogP) is 5.92. The van der Waals surface area contributed by atoms with Gasteiger partial charge >= 0.3 is 0 Å². The van der Waals surface area contributed by atoms with Gasteiger partial charge in [0, 0.05) is 30.3 Å². The molecule has 36 heavy (non-hydrogen) atoms. The average Bonchev–Trinajstić information content (AvgIpc) is 2.87. The van der Waals surface area contributed by atoms with Gasteiger partial charge in [0.25, 0.3) is 0 Å². The Kier molecular flexibility index (Phi) is 10.6. The van der Waals surface area contributed by atoms with Gasteiger partial charge in [0.05, 0.1) is 5.75 Å². The summed E-state index contributed by atoms with van der Waals surface area (Å²) in [6.07, 6.45) is 1.13. The van der Waals surface area contributed by atoms with Crippen molar-refractivity contribution in [2.45, 2.75) is 58.0 Å². The quantitative estimate of drug-likeness (QED) is 0.332. The molecule has 0 aromatic heterocycles. The number of aryl methyl sites for hydroxylation is 1.